The molecule has 2 rings (SSSR count). The first-order valence-electron chi connectivity index (χ1n) is 6.71. The van der Waals surface area contributed by atoms with Gasteiger partial charge in [0.2, 0.25) is 5.91 Å². The minimum Gasteiger partial charge on any atom is -0.480 e. The molecule has 4 heteroatoms. The Morgan fingerprint density at radius 3 is 1.94 bits per heavy atom. The van der Waals surface area contributed by atoms with Crippen LogP contribution in [0.4, 0.5) is 0 Å². The molecule has 2 saturated carbocycles. The first-order chi connectivity index (χ1) is 8.19. The molecule has 2 aliphatic carbocycles. The van der Waals surface area contributed by atoms with Crippen molar-refractivity contribution in [3.63, 3.8) is 0 Å². The van der Waals surface area contributed by atoms with Crippen LogP contribution in [-0.4, -0.2) is 22.5 Å². The Balaban J connectivity index is 2.03. The zero-order valence-corrected chi connectivity index (χ0v) is 11.5. The van der Waals surface area contributed by atoms with Gasteiger partial charge in [-0.3, -0.25) is 4.79 Å². The second kappa shape index (κ2) is 3.97. The van der Waals surface area contributed by atoms with Gasteiger partial charge in [0.25, 0.3) is 0 Å². The molecule has 4 nitrogen and oxygen atoms in total. The molecule has 0 aromatic carbocycles. The number of carboxylic acid groups (broad SMARTS) is 1. The van der Waals surface area contributed by atoms with Crippen molar-refractivity contribution in [2.45, 2.75) is 64.8 Å². The molecule has 2 aliphatic rings. The number of hydrogen-bond acceptors (Lipinski definition) is 2. The number of hydrogen-bond donors (Lipinski definition) is 2. The molecule has 0 aromatic rings. The van der Waals surface area contributed by atoms with E-state index in [0.29, 0.717) is 18.3 Å². The van der Waals surface area contributed by atoms with E-state index in [1.807, 2.05) is 0 Å². The maximum Gasteiger partial charge on any atom is 0.329 e. The molecule has 1 spiro atoms. The summed E-state index contributed by atoms with van der Waals surface area (Å²) in [7, 11) is 0. The monoisotopic (exact) mass is 253 g/mol. The van der Waals surface area contributed by atoms with Gasteiger partial charge in [-0.2, -0.15) is 0 Å². The number of carbonyl (C=O) groups excluding carboxylic acids is 1. The van der Waals surface area contributed by atoms with E-state index < -0.39 is 11.5 Å². The summed E-state index contributed by atoms with van der Waals surface area (Å²) in [4.78, 5) is 22.5. The lowest BCUT2D eigenvalue weighted by molar-refractivity contribution is -0.163. The summed E-state index contributed by atoms with van der Waals surface area (Å²) in [5, 5.41) is 12.0. The number of rotatable bonds is 2. The third-order valence-electron chi connectivity index (χ3n) is 4.84. The minimum absolute atomic E-state index is 0.163. The summed E-state index contributed by atoms with van der Waals surface area (Å²) in [6.45, 7) is 5.94. The lowest BCUT2D eigenvalue weighted by atomic mass is 9.49. The number of amides is 1. The van der Waals surface area contributed by atoms with Crippen molar-refractivity contribution < 1.29 is 14.7 Å². The van der Waals surface area contributed by atoms with E-state index in [4.69, 9.17) is 0 Å². The molecule has 2 fully saturated rings. The van der Waals surface area contributed by atoms with E-state index in [-0.39, 0.29) is 11.3 Å². The summed E-state index contributed by atoms with van der Waals surface area (Å²) in [6.07, 6.45) is 5.70. The highest BCUT2D eigenvalue weighted by atomic mass is 16.4. The maximum atomic E-state index is 11.4. The van der Waals surface area contributed by atoms with Gasteiger partial charge in [-0.25, -0.2) is 4.79 Å². The Labute approximate surface area is 108 Å². The van der Waals surface area contributed by atoms with Gasteiger partial charge in [0.1, 0.15) is 5.54 Å². The van der Waals surface area contributed by atoms with Crippen molar-refractivity contribution in [2.75, 3.05) is 0 Å². The van der Waals surface area contributed by atoms with E-state index >= 15 is 0 Å². The Bertz CT molecular complexity index is 369. The molecular formula is C14H23NO3. The van der Waals surface area contributed by atoms with Crippen molar-refractivity contribution >= 4 is 11.9 Å². The van der Waals surface area contributed by atoms with Crippen molar-refractivity contribution in [1.82, 2.24) is 5.32 Å². The smallest absolute Gasteiger partial charge is 0.329 e. The molecule has 0 aromatic heterocycles. The molecule has 0 bridgehead atoms. The predicted molar refractivity (Wildman–Crippen MR) is 68.1 cm³/mol. The molecule has 0 atom stereocenters. The second-order valence-corrected chi connectivity index (χ2v) is 7.09. The fourth-order valence-electron chi connectivity index (χ4n) is 3.67. The second-order valence-electron chi connectivity index (χ2n) is 7.09. The quantitative estimate of drug-likeness (QED) is 0.793. The van der Waals surface area contributed by atoms with Gasteiger partial charge in [0.15, 0.2) is 0 Å². The first-order valence-corrected chi connectivity index (χ1v) is 6.71. The normalized spacial score (nSPS) is 27.3. The molecule has 0 heterocycles. The van der Waals surface area contributed by atoms with Crippen molar-refractivity contribution in [3.8, 4) is 0 Å². The SMILES string of the molecule is CC(=O)NC1(C(=O)O)CC2(CCC(C)(C)CC2)C1. The van der Waals surface area contributed by atoms with Crippen LogP contribution in [0.2, 0.25) is 0 Å². The van der Waals surface area contributed by atoms with Crippen LogP contribution in [-0.2, 0) is 9.59 Å². The lowest BCUT2D eigenvalue weighted by Gasteiger charge is -2.57. The van der Waals surface area contributed by atoms with Crippen LogP contribution >= 0.6 is 0 Å². The topological polar surface area (TPSA) is 66.4 Å². The average Bonchev–Trinajstić information content (AvgIpc) is 2.17. The third kappa shape index (κ3) is 2.25. The predicted octanol–water partition coefficient (Wildman–Crippen LogP) is 2.33. The van der Waals surface area contributed by atoms with E-state index in [1.54, 1.807) is 0 Å². The van der Waals surface area contributed by atoms with Gasteiger partial charge in [-0.05, 0) is 49.4 Å². The van der Waals surface area contributed by atoms with Crippen LogP contribution in [0.1, 0.15) is 59.3 Å². The lowest BCUT2D eigenvalue weighted by Crippen LogP contribution is -2.66. The highest BCUT2D eigenvalue weighted by Crippen LogP contribution is 2.59. The molecule has 2 N–H and O–H groups in total. The van der Waals surface area contributed by atoms with Gasteiger partial charge in [0.05, 0.1) is 0 Å². The molecule has 0 saturated heterocycles. The summed E-state index contributed by atoms with van der Waals surface area (Å²) >= 11 is 0. The number of carbonyl (C=O) groups is 2. The van der Waals surface area contributed by atoms with Crippen LogP contribution < -0.4 is 5.32 Å². The highest BCUT2D eigenvalue weighted by molar-refractivity contribution is 5.87. The fraction of sp³-hybridized carbons (Fsp3) is 0.857. The molecule has 102 valence electrons. The van der Waals surface area contributed by atoms with Crippen LogP contribution in [0.5, 0.6) is 0 Å². The van der Waals surface area contributed by atoms with Gasteiger partial charge in [-0.15, -0.1) is 0 Å². The Morgan fingerprint density at radius 1 is 1.06 bits per heavy atom. The molecule has 1 amide bonds. The first kappa shape index (κ1) is 13.4. The van der Waals surface area contributed by atoms with Crippen molar-refractivity contribution in [3.05, 3.63) is 0 Å². The number of carboxylic acids is 1. The maximum absolute atomic E-state index is 11.4. The van der Waals surface area contributed by atoms with Crippen LogP contribution in [0, 0.1) is 10.8 Å². The summed E-state index contributed by atoms with van der Waals surface area (Å²) in [5.74, 6) is -1.13. The average molecular weight is 253 g/mol. The van der Waals surface area contributed by atoms with Crippen LogP contribution in [0.3, 0.4) is 0 Å². The zero-order valence-electron chi connectivity index (χ0n) is 11.5. The van der Waals surface area contributed by atoms with E-state index in [1.165, 1.54) is 6.92 Å². The standard InChI is InChI=1S/C14H23NO3/c1-10(16)15-14(11(17)18)8-13(9-14)6-4-12(2,3)5-7-13/h4-9H2,1-3H3,(H,15,16)(H,17,18). The highest BCUT2D eigenvalue weighted by Gasteiger charge is 2.60. The van der Waals surface area contributed by atoms with Crippen LogP contribution in [0.25, 0.3) is 0 Å². The Kier molecular flexibility index (Phi) is 2.95. The van der Waals surface area contributed by atoms with E-state index in [9.17, 15) is 14.7 Å². The summed E-state index contributed by atoms with van der Waals surface area (Å²) in [6, 6.07) is 0. The molecule has 0 radical (unpaired) electrons. The largest absolute Gasteiger partial charge is 0.480 e. The van der Waals surface area contributed by atoms with Gasteiger partial charge in [-0.1, -0.05) is 13.8 Å². The molecule has 0 aliphatic heterocycles. The third-order valence-corrected chi connectivity index (χ3v) is 4.84. The molecular weight excluding hydrogens is 230 g/mol. The summed E-state index contributed by atoms with van der Waals surface area (Å²) < 4.78 is 0. The molecule has 18 heavy (non-hydrogen) atoms. The zero-order chi connectivity index (χ0) is 13.6. The van der Waals surface area contributed by atoms with E-state index in [2.05, 4.69) is 19.2 Å². The van der Waals surface area contributed by atoms with E-state index in [0.717, 1.165) is 25.7 Å². The van der Waals surface area contributed by atoms with Crippen molar-refractivity contribution in [2.24, 2.45) is 10.8 Å². The minimum atomic E-state index is -0.993. The van der Waals surface area contributed by atoms with Crippen LogP contribution in [0.15, 0.2) is 0 Å². The molecule has 0 unspecified atom stereocenters. The fourth-order valence-corrected chi connectivity index (χ4v) is 3.67. The summed E-state index contributed by atoms with van der Waals surface area (Å²) in [5.41, 5.74) is -0.440. The Morgan fingerprint density at radius 2 is 1.56 bits per heavy atom. The van der Waals surface area contributed by atoms with Crippen molar-refractivity contribution in [1.29, 1.82) is 0 Å². The van der Waals surface area contributed by atoms with Gasteiger partial charge in [0, 0.05) is 6.92 Å². The number of aliphatic carboxylic acids is 1. The van der Waals surface area contributed by atoms with Gasteiger partial charge < -0.3 is 10.4 Å². The number of nitrogens with one attached hydrogen (secondary N) is 1. The Hall–Kier alpha value is -1.06. The van der Waals surface area contributed by atoms with Gasteiger partial charge >= 0.3 is 5.97 Å².